The van der Waals surface area contributed by atoms with Gasteiger partial charge in [-0.2, -0.15) is 0 Å². The Kier molecular flexibility index (Phi) is 6.16. The van der Waals surface area contributed by atoms with Gasteiger partial charge in [0.2, 0.25) is 0 Å². The molecule has 0 radical (unpaired) electrons. The van der Waals surface area contributed by atoms with Gasteiger partial charge in [-0.05, 0) is 44.0 Å². The first kappa shape index (κ1) is 20.4. The fourth-order valence-electron chi connectivity index (χ4n) is 3.15. The van der Waals surface area contributed by atoms with E-state index in [1.807, 2.05) is 38.1 Å². The molecule has 0 spiro atoms. The molecule has 1 N–H and O–H groups in total. The standard InChI is InChI=1S/C22H24N2O5/c1-14-7-6-8-15(2)21(14)23-22(27)16(3)29-20(26)11-12-24-17-9-4-5-10-18(17)28-13-19(24)25/h4-10,16H,11-13H2,1-3H3,(H,23,27)/t16-/m1/s1. The lowest BCUT2D eigenvalue weighted by atomic mass is 10.1. The molecule has 7 heteroatoms. The number of anilines is 2. The van der Waals surface area contributed by atoms with Crippen LogP contribution in [0.1, 0.15) is 24.5 Å². The number of esters is 1. The van der Waals surface area contributed by atoms with E-state index in [9.17, 15) is 14.4 Å². The molecule has 1 heterocycles. The van der Waals surface area contributed by atoms with Crippen molar-refractivity contribution in [3.8, 4) is 5.75 Å². The predicted octanol–water partition coefficient (Wildman–Crippen LogP) is 2.99. The monoisotopic (exact) mass is 396 g/mol. The minimum atomic E-state index is -0.950. The quantitative estimate of drug-likeness (QED) is 0.759. The van der Waals surface area contributed by atoms with E-state index in [4.69, 9.17) is 9.47 Å². The van der Waals surface area contributed by atoms with Gasteiger partial charge in [0, 0.05) is 12.2 Å². The Balaban J connectivity index is 1.55. The highest BCUT2D eigenvalue weighted by Crippen LogP contribution is 2.31. The predicted molar refractivity (Wildman–Crippen MR) is 109 cm³/mol. The van der Waals surface area contributed by atoms with Crippen LogP contribution in [-0.2, 0) is 19.1 Å². The largest absolute Gasteiger partial charge is 0.482 e. The number of hydrogen-bond acceptors (Lipinski definition) is 5. The Morgan fingerprint density at radius 1 is 1.14 bits per heavy atom. The second kappa shape index (κ2) is 8.77. The van der Waals surface area contributed by atoms with Gasteiger partial charge in [-0.25, -0.2) is 0 Å². The number of ether oxygens (including phenoxy) is 2. The van der Waals surface area contributed by atoms with E-state index in [0.29, 0.717) is 11.4 Å². The number of carbonyl (C=O) groups excluding carboxylic acids is 3. The van der Waals surface area contributed by atoms with Gasteiger partial charge >= 0.3 is 5.97 Å². The summed E-state index contributed by atoms with van der Waals surface area (Å²) in [5, 5.41) is 2.81. The third-order valence-corrected chi connectivity index (χ3v) is 4.75. The lowest BCUT2D eigenvalue weighted by Crippen LogP contribution is -2.40. The van der Waals surface area contributed by atoms with Gasteiger partial charge in [-0.15, -0.1) is 0 Å². The average molecular weight is 396 g/mol. The second-order valence-corrected chi connectivity index (χ2v) is 6.94. The molecule has 2 aromatic rings. The van der Waals surface area contributed by atoms with Crippen LogP contribution in [0.3, 0.4) is 0 Å². The zero-order chi connectivity index (χ0) is 21.0. The van der Waals surface area contributed by atoms with Gasteiger partial charge in [0.05, 0.1) is 12.1 Å². The number of para-hydroxylation sites is 3. The van der Waals surface area contributed by atoms with Crippen LogP contribution in [0.2, 0.25) is 0 Å². The highest BCUT2D eigenvalue weighted by atomic mass is 16.5. The van der Waals surface area contributed by atoms with Crippen LogP contribution >= 0.6 is 0 Å². The fraction of sp³-hybridized carbons (Fsp3) is 0.318. The summed E-state index contributed by atoms with van der Waals surface area (Å²) in [5.74, 6) is -0.575. The molecular formula is C22H24N2O5. The van der Waals surface area contributed by atoms with Gasteiger partial charge in [0.25, 0.3) is 11.8 Å². The smallest absolute Gasteiger partial charge is 0.308 e. The molecule has 1 atom stereocenters. The highest BCUT2D eigenvalue weighted by molar-refractivity contribution is 5.98. The van der Waals surface area contributed by atoms with Gasteiger partial charge < -0.3 is 19.7 Å². The molecule has 152 valence electrons. The van der Waals surface area contributed by atoms with Crippen LogP contribution in [0.4, 0.5) is 11.4 Å². The van der Waals surface area contributed by atoms with Crippen molar-refractivity contribution >= 4 is 29.2 Å². The molecule has 2 amide bonds. The molecule has 7 nitrogen and oxygen atoms in total. The van der Waals surface area contributed by atoms with Crippen molar-refractivity contribution in [3.63, 3.8) is 0 Å². The maximum Gasteiger partial charge on any atom is 0.308 e. The van der Waals surface area contributed by atoms with E-state index in [1.54, 1.807) is 18.2 Å². The van der Waals surface area contributed by atoms with Crippen molar-refractivity contribution in [3.05, 3.63) is 53.6 Å². The summed E-state index contributed by atoms with van der Waals surface area (Å²) in [5.41, 5.74) is 3.20. The summed E-state index contributed by atoms with van der Waals surface area (Å²) in [4.78, 5) is 38.3. The summed E-state index contributed by atoms with van der Waals surface area (Å²) in [6.07, 6.45) is -0.977. The lowest BCUT2D eigenvalue weighted by molar-refractivity contribution is -0.153. The van der Waals surface area contributed by atoms with Crippen LogP contribution in [0.25, 0.3) is 0 Å². The SMILES string of the molecule is Cc1cccc(C)c1NC(=O)[C@@H](C)OC(=O)CCN1C(=O)COc2ccccc21. The molecular weight excluding hydrogens is 372 g/mol. The van der Waals surface area contributed by atoms with Crippen molar-refractivity contribution in [1.82, 2.24) is 0 Å². The Hall–Kier alpha value is -3.35. The first-order chi connectivity index (χ1) is 13.9. The van der Waals surface area contributed by atoms with Crippen molar-refractivity contribution in [2.45, 2.75) is 33.3 Å². The van der Waals surface area contributed by atoms with Crippen LogP contribution in [-0.4, -0.2) is 37.0 Å². The van der Waals surface area contributed by atoms with Crippen molar-refractivity contribution in [1.29, 1.82) is 0 Å². The molecule has 0 saturated carbocycles. The zero-order valence-electron chi connectivity index (χ0n) is 16.7. The summed E-state index contributed by atoms with van der Waals surface area (Å²) >= 11 is 0. The maximum atomic E-state index is 12.4. The summed E-state index contributed by atoms with van der Waals surface area (Å²) in [6, 6.07) is 12.9. The van der Waals surface area contributed by atoms with Crippen LogP contribution < -0.4 is 15.0 Å². The van der Waals surface area contributed by atoms with Gasteiger partial charge in [-0.3, -0.25) is 14.4 Å². The molecule has 1 aliphatic rings. The van der Waals surface area contributed by atoms with Gasteiger partial charge in [0.1, 0.15) is 5.75 Å². The lowest BCUT2D eigenvalue weighted by Gasteiger charge is -2.29. The van der Waals surface area contributed by atoms with Crippen molar-refractivity contribution in [2.75, 3.05) is 23.4 Å². The van der Waals surface area contributed by atoms with Gasteiger partial charge in [0.15, 0.2) is 12.7 Å². The number of fused-ring (bicyclic) bond motifs is 1. The summed E-state index contributed by atoms with van der Waals surface area (Å²) < 4.78 is 10.6. The Labute approximate surface area is 169 Å². The van der Waals surface area contributed by atoms with Crippen LogP contribution in [0, 0.1) is 13.8 Å². The first-order valence-electron chi connectivity index (χ1n) is 9.45. The number of aryl methyl sites for hydroxylation is 2. The Morgan fingerprint density at radius 3 is 2.55 bits per heavy atom. The molecule has 0 unspecified atom stereocenters. The zero-order valence-corrected chi connectivity index (χ0v) is 16.7. The minimum Gasteiger partial charge on any atom is -0.482 e. The van der Waals surface area contributed by atoms with E-state index in [1.165, 1.54) is 11.8 Å². The molecule has 1 aliphatic heterocycles. The molecule has 2 aromatic carbocycles. The molecule has 0 saturated heterocycles. The molecule has 0 bridgehead atoms. The normalized spacial score (nSPS) is 13.9. The third kappa shape index (κ3) is 4.74. The van der Waals surface area contributed by atoms with Crippen molar-refractivity contribution in [2.24, 2.45) is 0 Å². The number of hydrogen-bond donors (Lipinski definition) is 1. The van der Waals surface area contributed by atoms with Crippen LogP contribution in [0.15, 0.2) is 42.5 Å². The van der Waals surface area contributed by atoms with Crippen molar-refractivity contribution < 1.29 is 23.9 Å². The number of rotatable bonds is 6. The Bertz CT molecular complexity index is 920. The maximum absolute atomic E-state index is 12.4. The Morgan fingerprint density at radius 2 is 1.83 bits per heavy atom. The second-order valence-electron chi connectivity index (χ2n) is 6.94. The molecule has 29 heavy (non-hydrogen) atoms. The fourth-order valence-corrected chi connectivity index (χ4v) is 3.15. The van der Waals surface area contributed by atoms with E-state index >= 15 is 0 Å². The topological polar surface area (TPSA) is 84.9 Å². The highest BCUT2D eigenvalue weighted by Gasteiger charge is 2.26. The van der Waals surface area contributed by atoms with Gasteiger partial charge in [-0.1, -0.05) is 30.3 Å². The average Bonchev–Trinajstić information content (AvgIpc) is 2.70. The number of amides is 2. The van der Waals surface area contributed by atoms with E-state index in [0.717, 1.165) is 16.8 Å². The van der Waals surface area contributed by atoms with Crippen LogP contribution in [0.5, 0.6) is 5.75 Å². The minimum absolute atomic E-state index is 0.0267. The van der Waals surface area contributed by atoms with E-state index < -0.39 is 18.0 Å². The van der Waals surface area contributed by atoms with E-state index in [2.05, 4.69) is 5.32 Å². The van der Waals surface area contributed by atoms with E-state index in [-0.39, 0.29) is 25.5 Å². The third-order valence-electron chi connectivity index (χ3n) is 4.75. The summed E-state index contributed by atoms with van der Waals surface area (Å²) in [7, 11) is 0. The number of carbonyl (C=O) groups is 3. The molecule has 0 aromatic heterocycles. The number of benzene rings is 2. The molecule has 0 aliphatic carbocycles. The molecule has 0 fully saturated rings. The number of nitrogens with one attached hydrogen (secondary N) is 1. The number of nitrogens with zero attached hydrogens (tertiary/aromatic N) is 1. The molecule has 3 rings (SSSR count). The summed E-state index contributed by atoms with van der Waals surface area (Å²) in [6.45, 7) is 5.41. The first-order valence-corrected chi connectivity index (χ1v) is 9.45.